The maximum absolute atomic E-state index is 11.5. The SMILES string of the molecule is C=C/C=C(\C=C/CC(NCC1C(=C)N1CC)C1=CC=CC(CC)C1)C(N)=O. The number of likely N-dealkylation sites (N-methyl/N-ethyl adjacent to an activating group) is 1. The fraction of sp³-hybridized carbons (Fsp3) is 0.435. The van der Waals surface area contributed by atoms with E-state index in [1.165, 1.54) is 11.3 Å². The van der Waals surface area contributed by atoms with Gasteiger partial charge in [-0.05, 0) is 32.1 Å². The lowest BCUT2D eigenvalue weighted by Gasteiger charge is -2.25. The Morgan fingerprint density at radius 3 is 2.85 bits per heavy atom. The third kappa shape index (κ3) is 5.83. The minimum Gasteiger partial charge on any atom is -0.366 e. The van der Waals surface area contributed by atoms with E-state index >= 15 is 0 Å². The van der Waals surface area contributed by atoms with Crippen LogP contribution in [-0.2, 0) is 4.79 Å². The van der Waals surface area contributed by atoms with Gasteiger partial charge in [0.15, 0.2) is 0 Å². The largest absolute Gasteiger partial charge is 0.366 e. The summed E-state index contributed by atoms with van der Waals surface area (Å²) in [7, 11) is 0. The molecule has 1 aliphatic carbocycles. The Balaban J connectivity index is 2.05. The molecular formula is C23H33N3O. The van der Waals surface area contributed by atoms with E-state index in [2.05, 4.69) is 55.5 Å². The molecule has 3 atom stereocenters. The lowest BCUT2D eigenvalue weighted by molar-refractivity contribution is -0.114. The molecule has 2 rings (SSSR count). The van der Waals surface area contributed by atoms with Crippen LogP contribution in [0, 0.1) is 5.92 Å². The molecule has 1 heterocycles. The quantitative estimate of drug-likeness (QED) is 0.333. The average molecular weight is 368 g/mol. The van der Waals surface area contributed by atoms with E-state index in [1.54, 1.807) is 18.2 Å². The third-order valence-corrected chi connectivity index (χ3v) is 5.37. The minimum atomic E-state index is -0.436. The summed E-state index contributed by atoms with van der Waals surface area (Å²) >= 11 is 0. The molecule has 4 nitrogen and oxygen atoms in total. The summed E-state index contributed by atoms with van der Waals surface area (Å²) in [6, 6.07) is 0.676. The lowest BCUT2D eigenvalue weighted by Crippen LogP contribution is -2.35. The van der Waals surface area contributed by atoms with Crippen LogP contribution < -0.4 is 11.1 Å². The van der Waals surface area contributed by atoms with Gasteiger partial charge in [0.05, 0.1) is 6.04 Å². The number of nitrogens with zero attached hydrogens (tertiary/aromatic N) is 1. The molecule has 4 heteroatoms. The molecule has 1 saturated heterocycles. The van der Waals surface area contributed by atoms with E-state index < -0.39 is 5.91 Å². The van der Waals surface area contributed by atoms with Gasteiger partial charge in [0.25, 0.3) is 0 Å². The highest BCUT2D eigenvalue weighted by Gasteiger charge is 2.37. The van der Waals surface area contributed by atoms with Crippen molar-refractivity contribution in [3.05, 3.63) is 72.5 Å². The van der Waals surface area contributed by atoms with Crippen molar-refractivity contribution in [3.63, 3.8) is 0 Å². The van der Waals surface area contributed by atoms with Crippen LogP contribution in [-0.4, -0.2) is 36.0 Å². The van der Waals surface area contributed by atoms with Gasteiger partial charge in [-0.15, -0.1) is 0 Å². The van der Waals surface area contributed by atoms with Gasteiger partial charge in [0, 0.05) is 30.4 Å². The number of carbonyl (C=O) groups is 1. The molecule has 3 N–H and O–H groups in total. The van der Waals surface area contributed by atoms with E-state index in [-0.39, 0.29) is 6.04 Å². The third-order valence-electron chi connectivity index (χ3n) is 5.37. The number of hydrogen-bond acceptors (Lipinski definition) is 3. The van der Waals surface area contributed by atoms with Crippen LogP contribution in [0.2, 0.25) is 0 Å². The standard InChI is InChI=1S/C23H33N3O/c1-5-10-19(23(24)27)12-9-14-21(20-13-8-11-18(6-2)15-20)25-16-22-17(4)26(22)7-3/h5,8-13,18,21-22,25H,1,4,6-7,14-16H2,2-3H3,(H2,24,27)/b12-9-,19-10+. The second kappa shape index (κ2) is 10.1. The predicted molar refractivity (Wildman–Crippen MR) is 114 cm³/mol. The monoisotopic (exact) mass is 367 g/mol. The van der Waals surface area contributed by atoms with Crippen molar-refractivity contribution in [2.24, 2.45) is 11.7 Å². The van der Waals surface area contributed by atoms with Gasteiger partial charge in [0.1, 0.15) is 0 Å². The normalized spacial score (nSPS) is 23.5. The van der Waals surface area contributed by atoms with Crippen LogP contribution >= 0.6 is 0 Å². The van der Waals surface area contributed by atoms with Crippen molar-refractivity contribution in [1.82, 2.24) is 10.2 Å². The van der Waals surface area contributed by atoms with Gasteiger partial charge >= 0.3 is 0 Å². The number of rotatable bonds is 11. The molecule has 1 aliphatic heterocycles. The summed E-state index contributed by atoms with van der Waals surface area (Å²) in [5.41, 5.74) is 8.52. The number of amides is 1. The molecule has 0 spiro atoms. The number of hydrogen-bond donors (Lipinski definition) is 2. The van der Waals surface area contributed by atoms with Crippen LogP contribution in [0.4, 0.5) is 0 Å². The summed E-state index contributed by atoms with van der Waals surface area (Å²) in [6.07, 6.45) is 16.8. The van der Waals surface area contributed by atoms with Crippen LogP contribution in [0.1, 0.15) is 33.1 Å². The summed E-state index contributed by atoms with van der Waals surface area (Å²) in [4.78, 5) is 13.8. The molecule has 0 radical (unpaired) electrons. The second-order valence-electron chi connectivity index (χ2n) is 7.11. The predicted octanol–water partition coefficient (Wildman–Crippen LogP) is 3.62. The Labute approximate surface area is 163 Å². The molecule has 1 fully saturated rings. The first-order valence-corrected chi connectivity index (χ1v) is 9.86. The topological polar surface area (TPSA) is 58.1 Å². The van der Waals surface area contributed by atoms with Crippen LogP contribution in [0.5, 0.6) is 0 Å². The Morgan fingerprint density at radius 2 is 2.26 bits per heavy atom. The zero-order valence-electron chi connectivity index (χ0n) is 16.7. The molecular weight excluding hydrogens is 334 g/mol. The molecule has 2 aliphatic rings. The Hall–Kier alpha value is -2.33. The highest BCUT2D eigenvalue weighted by atomic mass is 16.1. The lowest BCUT2D eigenvalue weighted by atomic mass is 9.87. The summed E-state index contributed by atoms with van der Waals surface area (Å²) in [5.74, 6) is 0.164. The van der Waals surface area contributed by atoms with Crippen molar-refractivity contribution in [2.45, 2.75) is 45.2 Å². The fourth-order valence-electron chi connectivity index (χ4n) is 3.60. The second-order valence-corrected chi connectivity index (χ2v) is 7.11. The first-order valence-electron chi connectivity index (χ1n) is 9.86. The number of carbonyl (C=O) groups excluding carboxylic acids is 1. The van der Waals surface area contributed by atoms with E-state index in [0.29, 0.717) is 17.5 Å². The molecule has 0 aromatic rings. The van der Waals surface area contributed by atoms with Crippen molar-refractivity contribution >= 4 is 5.91 Å². The zero-order valence-corrected chi connectivity index (χ0v) is 16.7. The van der Waals surface area contributed by atoms with Crippen LogP contribution in [0.25, 0.3) is 0 Å². The minimum absolute atomic E-state index is 0.241. The molecule has 27 heavy (non-hydrogen) atoms. The first kappa shape index (κ1) is 21.0. The van der Waals surface area contributed by atoms with Crippen molar-refractivity contribution < 1.29 is 4.79 Å². The Bertz CT molecular complexity index is 684. The number of primary amides is 1. The molecule has 0 aromatic carbocycles. The van der Waals surface area contributed by atoms with Gasteiger partial charge in [-0.3, -0.25) is 4.79 Å². The van der Waals surface area contributed by atoms with Crippen LogP contribution in [0.15, 0.2) is 72.5 Å². The number of allylic oxidation sites excluding steroid dienone is 5. The average Bonchev–Trinajstić information content (AvgIpc) is 3.31. The van der Waals surface area contributed by atoms with Gasteiger partial charge < -0.3 is 16.0 Å². The van der Waals surface area contributed by atoms with E-state index in [0.717, 1.165) is 32.4 Å². The van der Waals surface area contributed by atoms with Crippen molar-refractivity contribution in [1.29, 1.82) is 0 Å². The van der Waals surface area contributed by atoms with E-state index in [4.69, 9.17) is 5.73 Å². The highest BCUT2D eigenvalue weighted by molar-refractivity contribution is 5.95. The maximum Gasteiger partial charge on any atom is 0.248 e. The van der Waals surface area contributed by atoms with Gasteiger partial charge in [0.2, 0.25) is 5.91 Å². The Morgan fingerprint density at radius 1 is 1.48 bits per heavy atom. The molecule has 0 aromatic heterocycles. The van der Waals surface area contributed by atoms with Crippen molar-refractivity contribution in [2.75, 3.05) is 13.1 Å². The van der Waals surface area contributed by atoms with Crippen LogP contribution in [0.3, 0.4) is 0 Å². The van der Waals surface area contributed by atoms with E-state index in [9.17, 15) is 4.79 Å². The summed E-state index contributed by atoms with van der Waals surface area (Å²) in [6.45, 7) is 14.0. The number of nitrogens with two attached hydrogens (primary N) is 1. The first-order chi connectivity index (χ1) is 13.0. The van der Waals surface area contributed by atoms with Gasteiger partial charge in [-0.25, -0.2) is 0 Å². The van der Waals surface area contributed by atoms with Crippen molar-refractivity contribution in [3.8, 4) is 0 Å². The van der Waals surface area contributed by atoms with E-state index in [1.807, 2.05) is 6.08 Å². The van der Waals surface area contributed by atoms with Gasteiger partial charge in [-0.2, -0.15) is 0 Å². The fourth-order valence-corrected chi connectivity index (χ4v) is 3.60. The zero-order chi connectivity index (χ0) is 19.8. The molecule has 146 valence electrons. The van der Waals surface area contributed by atoms with Gasteiger partial charge in [-0.1, -0.05) is 68.2 Å². The Kier molecular flexibility index (Phi) is 7.86. The summed E-state index contributed by atoms with van der Waals surface area (Å²) < 4.78 is 0. The molecule has 3 unspecified atom stereocenters. The maximum atomic E-state index is 11.5. The smallest absolute Gasteiger partial charge is 0.248 e. The highest BCUT2D eigenvalue weighted by Crippen LogP contribution is 2.30. The molecule has 0 saturated carbocycles. The summed E-state index contributed by atoms with van der Waals surface area (Å²) in [5, 5.41) is 3.71. The number of nitrogens with one attached hydrogen (secondary N) is 1. The molecule has 0 bridgehead atoms. The molecule has 1 amide bonds.